The van der Waals surface area contributed by atoms with E-state index < -0.39 is 41.2 Å². The standard InChI is InChI=1S/C18H18O6/c1-8-5-11(19)15-14-10(16(21)24-12(14)6-8)7-9-3-4-13(20)18(9,15)17(22)23-2/h5,7,9,12,14-15H,3-4,6H2,1-2H3/t9-,12+,14+,15-,18-/m1/s1. The molecule has 3 aliphatic carbocycles. The van der Waals surface area contributed by atoms with Crippen LogP contribution in [0.15, 0.2) is 23.3 Å². The third-order valence-electron chi connectivity index (χ3n) is 5.95. The first kappa shape index (κ1) is 15.3. The summed E-state index contributed by atoms with van der Waals surface area (Å²) in [6, 6.07) is 0. The number of allylic oxidation sites excluding steroid dienone is 2. The Morgan fingerprint density at radius 1 is 1.33 bits per heavy atom. The molecule has 1 heterocycles. The predicted octanol–water partition coefficient (Wildman–Crippen LogP) is 1.14. The number of hydrogen-bond donors (Lipinski definition) is 0. The van der Waals surface area contributed by atoms with Crippen molar-refractivity contribution in [2.45, 2.75) is 32.3 Å². The molecule has 0 spiro atoms. The van der Waals surface area contributed by atoms with E-state index in [-0.39, 0.29) is 18.0 Å². The summed E-state index contributed by atoms with van der Waals surface area (Å²) < 4.78 is 10.4. The summed E-state index contributed by atoms with van der Waals surface area (Å²) in [6.07, 6.45) is 3.77. The van der Waals surface area contributed by atoms with E-state index in [9.17, 15) is 19.2 Å². The van der Waals surface area contributed by atoms with Crippen LogP contribution in [0.5, 0.6) is 0 Å². The van der Waals surface area contributed by atoms with Crippen molar-refractivity contribution in [3.05, 3.63) is 23.3 Å². The Bertz CT molecular complexity index is 745. The maximum absolute atomic E-state index is 13.0. The molecule has 0 amide bonds. The van der Waals surface area contributed by atoms with Crippen molar-refractivity contribution in [1.29, 1.82) is 0 Å². The van der Waals surface area contributed by atoms with Gasteiger partial charge in [0.1, 0.15) is 11.5 Å². The van der Waals surface area contributed by atoms with Crippen LogP contribution in [0.4, 0.5) is 0 Å². The molecule has 2 fully saturated rings. The van der Waals surface area contributed by atoms with Gasteiger partial charge < -0.3 is 9.47 Å². The summed E-state index contributed by atoms with van der Waals surface area (Å²) in [4.78, 5) is 50.8. The smallest absolute Gasteiger partial charge is 0.334 e. The number of hydrogen-bond acceptors (Lipinski definition) is 6. The Morgan fingerprint density at radius 3 is 2.79 bits per heavy atom. The lowest BCUT2D eigenvalue weighted by molar-refractivity contribution is -0.167. The molecular weight excluding hydrogens is 312 g/mol. The fourth-order valence-electron chi connectivity index (χ4n) is 5.08. The van der Waals surface area contributed by atoms with Crippen LogP contribution in [0.25, 0.3) is 0 Å². The first-order chi connectivity index (χ1) is 11.4. The second-order valence-electron chi connectivity index (χ2n) is 7.10. The molecule has 4 rings (SSSR count). The van der Waals surface area contributed by atoms with Crippen molar-refractivity contribution in [2.75, 3.05) is 7.11 Å². The molecule has 0 aromatic heterocycles. The monoisotopic (exact) mass is 330 g/mol. The normalized spacial score (nSPS) is 40.2. The zero-order chi connectivity index (χ0) is 17.2. The Balaban J connectivity index is 1.99. The number of fused-ring (bicyclic) bond motifs is 2. The molecule has 0 N–H and O–H groups in total. The van der Waals surface area contributed by atoms with E-state index in [1.54, 1.807) is 13.0 Å². The summed E-state index contributed by atoms with van der Waals surface area (Å²) >= 11 is 0. The summed E-state index contributed by atoms with van der Waals surface area (Å²) in [5.74, 6) is -3.62. The number of Topliss-reactive ketones (excluding diaryl/α,β-unsaturated/α-hetero) is 1. The highest BCUT2D eigenvalue weighted by Crippen LogP contribution is 2.59. The SMILES string of the molecule is COC(=O)[C@@]12C(=O)CC[C@@H]1C=C1C(=O)O[C@H]3CC(C)=CC(=O)[C@@H]2[C@@H]13. The van der Waals surface area contributed by atoms with Crippen LogP contribution < -0.4 is 0 Å². The van der Waals surface area contributed by atoms with Gasteiger partial charge in [-0.15, -0.1) is 0 Å². The second-order valence-corrected chi connectivity index (χ2v) is 7.10. The second kappa shape index (κ2) is 4.88. The summed E-state index contributed by atoms with van der Waals surface area (Å²) in [5, 5.41) is 0. The number of carbonyl (C=O) groups is 4. The number of rotatable bonds is 1. The van der Waals surface area contributed by atoms with E-state index in [1.807, 2.05) is 0 Å². The van der Waals surface area contributed by atoms with Gasteiger partial charge in [-0.1, -0.05) is 11.6 Å². The van der Waals surface area contributed by atoms with Crippen LogP contribution in [-0.2, 0) is 28.7 Å². The summed E-state index contributed by atoms with van der Waals surface area (Å²) in [6.45, 7) is 1.80. The number of methoxy groups -OCH3 is 1. The maximum atomic E-state index is 13.0. The van der Waals surface area contributed by atoms with Crippen molar-refractivity contribution in [2.24, 2.45) is 23.2 Å². The first-order valence-corrected chi connectivity index (χ1v) is 8.16. The van der Waals surface area contributed by atoms with Crippen molar-refractivity contribution >= 4 is 23.5 Å². The zero-order valence-corrected chi connectivity index (χ0v) is 13.5. The van der Waals surface area contributed by atoms with Gasteiger partial charge in [-0.3, -0.25) is 14.4 Å². The van der Waals surface area contributed by atoms with Gasteiger partial charge in [-0.05, 0) is 19.4 Å². The summed E-state index contributed by atoms with van der Waals surface area (Å²) in [7, 11) is 1.23. The molecule has 1 saturated heterocycles. The molecule has 126 valence electrons. The van der Waals surface area contributed by atoms with Gasteiger partial charge in [0.05, 0.1) is 13.0 Å². The van der Waals surface area contributed by atoms with Gasteiger partial charge in [0.25, 0.3) is 0 Å². The molecule has 0 bridgehead atoms. The highest BCUT2D eigenvalue weighted by molar-refractivity contribution is 6.13. The Hall–Kier alpha value is -2.24. The minimum Gasteiger partial charge on any atom is -0.468 e. The van der Waals surface area contributed by atoms with Crippen LogP contribution in [-0.4, -0.2) is 36.7 Å². The van der Waals surface area contributed by atoms with Gasteiger partial charge in [-0.2, -0.15) is 0 Å². The van der Waals surface area contributed by atoms with Gasteiger partial charge in [0, 0.05) is 30.3 Å². The molecule has 0 aromatic carbocycles. The van der Waals surface area contributed by atoms with Gasteiger partial charge in [0.2, 0.25) is 0 Å². The lowest BCUT2D eigenvalue weighted by atomic mass is 9.56. The first-order valence-electron chi connectivity index (χ1n) is 8.16. The Kier molecular flexibility index (Phi) is 3.11. The third-order valence-corrected chi connectivity index (χ3v) is 5.95. The van der Waals surface area contributed by atoms with E-state index in [0.29, 0.717) is 18.4 Å². The molecular formula is C18H18O6. The highest BCUT2D eigenvalue weighted by Gasteiger charge is 2.69. The number of carbonyl (C=O) groups excluding carboxylic acids is 4. The molecule has 0 unspecified atom stereocenters. The van der Waals surface area contributed by atoms with E-state index in [0.717, 1.165) is 5.57 Å². The van der Waals surface area contributed by atoms with Crippen molar-refractivity contribution in [1.82, 2.24) is 0 Å². The highest BCUT2D eigenvalue weighted by atomic mass is 16.6. The van der Waals surface area contributed by atoms with Crippen molar-refractivity contribution < 1.29 is 28.7 Å². The zero-order valence-electron chi connectivity index (χ0n) is 13.5. The van der Waals surface area contributed by atoms with Crippen LogP contribution >= 0.6 is 0 Å². The lowest BCUT2D eigenvalue weighted by Gasteiger charge is -2.42. The van der Waals surface area contributed by atoms with Gasteiger partial charge >= 0.3 is 11.9 Å². The van der Waals surface area contributed by atoms with Crippen LogP contribution in [0.1, 0.15) is 26.2 Å². The predicted molar refractivity (Wildman–Crippen MR) is 80.5 cm³/mol. The van der Waals surface area contributed by atoms with Crippen LogP contribution in [0.3, 0.4) is 0 Å². The fourth-order valence-corrected chi connectivity index (χ4v) is 5.08. The molecule has 0 aromatic rings. The third kappa shape index (κ3) is 1.66. The minimum atomic E-state index is -1.52. The fraction of sp³-hybridized carbons (Fsp3) is 0.556. The van der Waals surface area contributed by atoms with Crippen LogP contribution in [0.2, 0.25) is 0 Å². The minimum absolute atomic E-state index is 0.211. The van der Waals surface area contributed by atoms with Crippen LogP contribution in [0, 0.1) is 23.2 Å². The van der Waals surface area contributed by atoms with Crippen molar-refractivity contribution in [3.8, 4) is 0 Å². The number of ketones is 2. The molecule has 4 aliphatic rings. The summed E-state index contributed by atoms with van der Waals surface area (Å²) in [5.41, 5.74) is -0.288. The number of ether oxygens (including phenoxy) is 2. The van der Waals surface area contributed by atoms with E-state index in [2.05, 4.69) is 0 Å². The van der Waals surface area contributed by atoms with Gasteiger partial charge in [0.15, 0.2) is 11.6 Å². The van der Waals surface area contributed by atoms with E-state index >= 15 is 0 Å². The largest absolute Gasteiger partial charge is 0.468 e. The number of esters is 2. The molecule has 1 saturated carbocycles. The van der Waals surface area contributed by atoms with E-state index in [4.69, 9.17) is 9.47 Å². The molecule has 6 nitrogen and oxygen atoms in total. The Labute approximate surface area is 138 Å². The lowest BCUT2D eigenvalue weighted by Crippen LogP contribution is -2.55. The maximum Gasteiger partial charge on any atom is 0.334 e. The molecule has 1 aliphatic heterocycles. The quantitative estimate of drug-likeness (QED) is 0.529. The molecule has 6 heteroatoms. The van der Waals surface area contributed by atoms with Gasteiger partial charge in [-0.25, -0.2) is 4.79 Å². The average molecular weight is 330 g/mol. The topological polar surface area (TPSA) is 86.7 Å². The molecule has 24 heavy (non-hydrogen) atoms. The van der Waals surface area contributed by atoms with E-state index in [1.165, 1.54) is 13.2 Å². The Morgan fingerprint density at radius 2 is 2.08 bits per heavy atom. The average Bonchev–Trinajstić information content (AvgIpc) is 2.99. The molecule has 0 radical (unpaired) electrons. The van der Waals surface area contributed by atoms with Crippen molar-refractivity contribution in [3.63, 3.8) is 0 Å². The molecule has 5 atom stereocenters.